The monoisotopic (exact) mass is 475 g/mol. The van der Waals surface area contributed by atoms with Gasteiger partial charge in [-0.05, 0) is 70.4 Å². The van der Waals surface area contributed by atoms with Gasteiger partial charge in [0.05, 0.1) is 29.4 Å². The van der Waals surface area contributed by atoms with Crippen LogP contribution in [0.15, 0.2) is 24.4 Å². The summed E-state index contributed by atoms with van der Waals surface area (Å²) in [6.07, 6.45) is 7.58. The van der Waals surface area contributed by atoms with Crippen molar-refractivity contribution in [3.63, 3.8) is 0 Å². The smallest absolute Gasteiger partial charge is 0.255 e. The first-order chi connectivity index (χ1) is 16.9. The number of ether oxygens (including phenoxy) is 1. The number of carbonyl (C=O) groups is 2. The molecule has 2 amide bonds. The van der Waals surface area contributed by atoms with Gasteiger partial charge in [-0.15, -0.1) is 0 Å². The number of hydrogen-bond donors (Lipinski definition) is 3. The highest BCUT2D eigenvalue weighted by Gasteiger charge is 2.26. The highest BCUT2D eigenvalue weighted by molar-refractivity contribution is 6.06. The van der Waals surface area contributed by atoms with Gasteiger partial charge in [-0.1, -0.05) is 11.6 Å². The summed E-state index contributed by atoms with van der Waals surface area (Å²) in [6.45, 7) is 6.18. The molecule has 8 nitrogen and oxygen atoms in total. The minimum absolute atomic E-state index is 0.00269. The van der Waals surface area contributed by atoms with E-state index in [2.05, 4.69) is 20.6 Å². The van der Waals surface area contributed by atoms with E-state index in [4.69, 9.17) is 9.72 Å². The second-order valence-corrected chi connectivity index (χ2v) is 10.1. The number of amides is 2. The van der Waals surface area contributed by atoms with E-state index in [1.54, 1.807) is 13.1 Å². The first-order valence-electron chi connectivity index (χ1n) is 12.5. The van der Waals surface area contributed by atoms with Crippen molar-refractivity contribution in [2.24, 2.45) is 5.92 Å². The van der Waals surface area contributed by atoms with Crippen LogP contribution in [-0.4, -0.2) is 45.5 Å². The van der Waals surface area contributed by atoms with E-state index >= 15 is 0 Å². The Morgan fingerprint density at radius 1 is 1.06 bits per heavy atom. The Hall–Kier alpha value is -3.42. The summed E-state index contributed by atoms with van der Waals surface area (Å²) in [5.41, 5.74) is 4.62. The van der Waals surface area contributed by atoms with Crippen molar-refractivity contribution in [2.45, 2.75) is 71.4 Å². The molecule has 2 heterocycles. The molecule has 5 rings (SSSR count). The van der Waals surface area contributed by atoms with Crippen LogP contribution in [0.2, 0.25) is 0 Å². The molecule has 0 unspecified atom stereocenters. The molecule has 2 aliphatic carbocycles. The molecule has 0 bridgehead atoms. The lowest BCUT2D eigenvalue weighted by molar-refractivity contribution is -0.119. The number of fused-ring (bicyclic) bond motifs is 1. The zero-order valence-corrected chi connectivity index (χ0v) is 20.6. The lowest BCUT2D eigenvalue weighted by atomic mass is 9.91. The second-order valence-electron chi connectivity index (χ2n) is 10.1. The predicted molar refractivity (Wildman–Crippen MR) is 134 cm³/mol. The summed E-state index contributed by atoms with van der Waals surface area (Å²) in [6, 6.07) is 6.32. The minimum atomic E-state index is -0.129. The van der Waals surface area contributed by atoms with Gasteiger partial charge < -0.3 is 20.4 Å². The van der Waals surface area contributed by atoms with Gasteiger partial charge in [-0.3, -0.25) is 9.59 Å². The van der Waals surface area contributed by atoms with Crippen molar-refractivity contribution < 1.29 is 14.3 Å². The quantitative estimate of drug-likeness (QED) is 0.474. The Morgan fingerprint density at radius 3 is 2.46 bits per heavy atom. The van der Waals surface area contributed by atoms with Crippen LogP contribution in [0.1, 0.15) is 67.1 Å². The summed E-state index contributed by atoms with van der Waals surface area (Å²) in [4.78, 5) is 37.4. The van der Waals surface area contributed by atoms with Gasteiger partial charge in [-0.25, -0.2) is 9.97 Å². The molecule has 2 fully saturated rings. The van der Waals surface area contributed by atoms with Crippen molar-refractivity contribution in [3.05, 3.63) is 41.2 Å². The van der Waals surface area contributed by atoms with Crippen LogP contribution < -0.4 is 15.4 Å². The molecular weight excluding hydrogens is 442 g/mol. The number of aromatic amines is 1. The summed E-state index contributed by atoms with van der Waals surface area (Å²) in [5.74, 6) is 1.84. The number of aromatic nitrogens is 3. The number of aryl methyl sites for hydroxylation is 2. The molecule has 0 aliphatic heterocycles. The maximum absolute atomic E-state index is 13.3. The second kappa shape index (κ2) is 9.68. The first kappa shape index (κ1) is 23.3. The number of benzene rings is 1. The molecule has 2 saturated carbocycles. The third-order valence-electron chi connectivity index (χ3n) is 6.97. The Kier molecular flexibility index (Phi) is 6.45. The van der Waals surface area contributed by atoms with E-state index in [1.165, 1.54) is 12.8 Å². The van der Waals surface area contributed by atoms with Crippen LogP contribution in [0.25, 0.3) is 22.4 Å². The zero-order chi connectivity index (χ0) is 24.5. The summed E-state index contributed by atoms with van der Waals surface area (Å²) >= 11 is 0. The summed E-state index contributed by atoms with van der Waals surface area (Å²) < 4.78 is 6.11. The molecule has 3 N–H and O–H groups in total. The third kappa shape index (κ3) is 5.31. The molecule has 0 radical (unpaired) electrons. The fourth-order valence-electron chi connectivity index (χ4n) is 4.88. The number of nitrogens with zero attached hydrogens (tertiary/aromatic N) is 2. The van der Waals surface area contributed by atoms with E-state index in [9.17, 15) is 9.59 Å². The molecule has 35 heavy (non-hydrogen) atoms. The van der Waals surface area contributed by atoms with Gasteiger partial charge >= 0.3 is 0 Å². The van der Waals surface area contributed by atoms with Crippen molar-refractivity contribution in [3.8, 4) is 17.1 Å². The lowest BCUT2D eigenvalue weighted by Crippen LogP contribution is -2.43. The highest BCUT2D eigenvalue weighted by atomic mass is 16.5. The summed E-state index contributed by atoms with van der Waals surface area (Å²) in [5, 5.41) is 6.17. The standard InChI is InChI=1S/C27H33N5O3/c1-15-4-11-23(35-14-18-5-6-18)21(12-15)26-28-13-22-25(32-26)24(16(2)29-22)27(34)31-20-9-7-19(8-10-20)30-17(3)33/h4,11-13,18-20,29H,5-10,14H2,1-3H3,(H,30,33)(H,31,34)/t19-,20-. The van der Waals surface area contributed by atoms with Crippen LogP contribution in [0.5, 0.6) is 5.75 Å². The van der Waals surface area contributed by atoms with Crippen LogP contribution in [0.4, 0.5) is 0 Å². The zero-order valence-electron chi connectivity index (χ0n) is 20.6. The Balaban J connectivity index is 1.38. The largest absolute Gasteiger partial charge is 0.493 e. The van der Waals surface area contributed by atoms with E-state index < -0.39 is 0 Å². The Labute approximate surface area is 205 Å². The molecule has 3 aromatic rings. The van der Waals surface area contributed by atoms with Gasteiger partial charge in [0.25, 0.3) is 5.91 Å². The molecule has 184 valence electrons. The average molecular weight is 476 g/mol. The fourth-order valence-corrected chi connectivity index (χ4v) is 4.88. The first-order valence-corrected chi connectivity index (χ1v) is 12.5. The van der Waals surface area contributed by atoms with Gasteiger partial charge in [0.2, 0.25) is 5.91 Å². The molecule has 0 saturated heterocycles. The van der Waals surface area contributed by atoms with Crippen molar-refractivity contribution in [2.75, 3.05) is 6.61 Å². The van der Waals surface area contributed by atoms with Crippen LogP contribution in [-0.2, 0) is 4.79 Å². The maximum atomic E-state index is 13.3. The third-order valence-corrected chi connectivity index (χ3v) is 6.97. The summed E-state index contributed by atoms with van der Waals surface area (Å²) in [7, 11) is 0. The van der Waals surface area contributed by atoms with E-state index in [1.807, 2.05) is 32.0 Å². The SMILES string of the molecule is CC(=O)N[C@H]1CC[C@H](NC(=O)c2c(C)[nH]c3cnc(-c4cc(C)ccc4OCC4CC4)nc23)CC1. The number of rotatable bonds is 7. The molecule has 2 aromatic heterocycles. The maximum Gasteiger partial charge on any atom is 0.255 e. The minimum Gasteiger partial charge on any atom is -0.493 e. The number of hydrogen-bond acceptors (Lipinski definition) is 5. The number of carbonyl (C=O) groups excluding carboxylic acids is 2. The van der Waals surface area contributed by atoms with Crippen molar-refractivity contribution in [1.82, 2.24) is 25.6 Å². The van der Waals surface area contributed by atoms with Gasteiger partial charge in [0.1, 0.15) is 11.3 Å². The van der Waals surface area contributed by atoms with Crippen LogP contribution >= 0.6 is 0 Å². The van der Waals surface area contributed by atoms with E-state index in [0.29, 0.717) is 29.4 Å². The Bertz CT molecular complexity index is 1260. The van der Waals surface area contributed by atoms with Gasteiger partial charge in [0, 0.05) is 24.7 Å². The molecular formula is C27H33N5O3. The van der Waals surface area contributed by atoms with Crippen LogP contribution in [0, 0.1) is 19.8 Å². The topological polar surface area (TPSA) is 109 Å². The predicted octanol–water partition coefficient (Wildman–Crippen LogP) is 4.21. The molecule has 0 spiro atoms. The van der Waals surface area contributed by atoms with E-state index in [-0.39, 0.29) is 23.9 Å². The molecule has 0 atom stereocenters. The molecule has 8 heteroatoms. The normalized spacial score (nSPS) is 20.0. The number of nitrogens with one attached hydrogen (secondary N) is 3. The average Bonchev–Trinajstić information content (AvgIpc) is 3.59. The Morgan fingerprint density at radius 2 is 1.77 bits per heavy atom. The molecule has 2 aliphatic rings. The van der Waals surface area contributed by atoms with Crippen molar-refractivity contribution >= 4 is 22.8 Å². The number of H-pyrrole nitrogens is 1. The fraction of sp³-hybridized carbons (Fsp3) is 0.481. The molecule has 1 aromatic carbocycles. The van der Waals surface area contributed by atoms with Crippen LogP contribution in [0.3, 0.4) is 0 Å². The van der Waals surface area contributed by atoms with Gasteiger partial charge in [-0.2, -0.15) is 0 Å². The van der Waals surface area contributed by atoms with E-state index in [0.717, 1.165) is 53.8 Å². The van der Waals surface area contributed by atoms with Crippen molar-refractivity contribution in [1.29, 1.82) is 0 Å². The highest BCUT2D eigenvalue weighted by Crippen LogP contribution is 2.34. The van der Waals surface area contributed by atoms with Gasteiger partial charge in [0.15, 0.2) is 5.82 Å². The lowest BCUT2D eigenvalue weighted by Gasteiger charge is -2.29.